The van der Waals surface area contributed by atoms with Crippen molar-refractivity contribution in [2.75, 3.05) is 0 Å². The number of fused-ring (bicyclic) bond motifs is 1. The topological polar surface area (TPSA) is 156 Å². The fraction of sp³-hybridized carbons (Fsp3) is 0.471. The van der Waals surface area contributed by atoms with Gasteiger partial charge in [-0.25, -0.2) is 20.5 Å². The van der Waals surface area contributed by atoms with Crippen LogP contribution in [0.25, 0.3) is 5.65 Å². The first-order chi connectivity index (χ1) is 14.4. The number of hydrogen-bond donors (Lipinski definition) is 4. The van der Waals surface area contributed by atoms with E-state index in [1.165, 1.54) is 10.7 Å². The van der Waals surface area contributed by atoms with Gasteiger partial charge in [0, 0.05) is 13.0 Å². The number of hydrazone groups is 1. The molecule has 2 rings (SSSR count). The van der Waals surface area contributed by atoms with E-state index >= 15 is 0 Å². The Morgan fingerprint density at radius 2 is 2.00 bits per heavy atom. The molecular formula is C17H24F3N9O2. The van der Waals surface area contributed by atoms with E-state index in [-0.39, 0.29) is 25.0 Å². The maximum absolute atomic E-state index is 12.2. The van der Waals surface area contributed by atoms with Gasteiger partial charge in [0.2, 0.25) is 11.7 Å². The molecule has 2 aromatic rings. The molecule has 0 fully saturated rings. The summed E-state index contributed by atoms with van der Waals surface area (Å²) in [5.74, 6) is 3.96. The Kier molecular flexibility index (Phi) is 7.74. The Morgan fingerprint density at radius 3 is 2.65 bits per heavy atom. The molecule has 11 nitrogen and oxygen atoms in total. The predicted octanol–water partition coefficient (Wildman–Crippen LogP) is 0.161. The van der Waals surface area contributed by atoms with Crippen molar-refractivity contribution in [2.45, 2.75) is 52.0 Å². The summed E-state index contributed by atoms with van der Waals surface area (Å²) in [6.07, 6.45) is -3.17. The van der Waals surface area contributed by atoms with Crippen molar-refractivity contribution in [3.8, 4) is 0 Å². The van der Waals surface area contributed by atoms with Crippen LogP contribution < -0.4 is 22.2 Å². The minimum Gasteiger partial charge on any atom is -0.378 e. The van der Waals surface area contributed by atoms with Gasteiger partial charge in [0.05, 0.1) is 37.1 Å². The quantitative estimate of drug-likeness (QED) is 0.196. The molecule has 0 saturated heterocycles. The van der Waals surface area contributed by atoms with E-state index in [1.807, 2.05) is 0 Å². The first-order valence-corrected chi connectivity index (χ1v) is 9.27. The van der Waals surface area contributed by atoms with E-state index in [1.54, 1.807) is 26.1 Å². The van der Waals surface area contributed by atoms with E-state index in [0.29, 0.717) is 16.9 Å². The zero-order valence-electron chi connectivity index (χ0n) is 17.0. The third kappa shape index (κ3) is 7.73. The molecule has 31 heavy (non-hydrogen) atoms. The van der Waals surface area contributed by atoms with Crippen LogP contribution in [0.5, 0.6) is 0 Å². The minimum absolute atomic E-state index is 0.0115. The molecule has 0 radical (unpaired) electrons. The Labute approximate surface area is 175 Å². The fourth-order valence-electron chi connectivity index (χ4n) is 2.24. The standard InChI is InChI=1S/C17H24F3N9O2/c1-10(2)29(22)27-15(21)16(31)24-8-12-9-28-13(26-12)5-11(7-25-28)6-23-14(30)3-4-17(18,19)20/h5,7,9-10H,3-4,6,8,22H2,1-2H3,(H2,21,27)(H,23,30)(H,24,31). The van der Waals surface area contributed by atoms with Crippen LogP contribution in [0.2, 0.25) is 0 Å². The Morgan fingerprint density at radius 1 is 1.29 bits per heavy atom. The van der Waals surface area contributed by atoms with E-state index in [0.717, 1.165) is 5.12 Å². The van der Waals surface area contributed by atoms with Crippen molar-refractivity contribution in [1.29, 1.82) is 0 Å². The van der Waals surface area contributed by atoms with Crippen LogP contribution in [0.3, 0.4) is 0 Å². The van der Waals surface area contributed by atoms with Crippen molar-refractivity contribution in [2.24, 2.45) is 16.7 Å². The van der Waals surface area contributed by atoms with Crippen LogP contribution in [0.1, 0.15) is 37.9 Å². The molecule has 0 aliphatic rings. The van der Waals surface area contributed by atoms with Crippen molar-refractivity contribution >= 4 is 23.3 Å². The van der Waals surface area contributed by atoms with Crippen molar-refractivity contribution < 1.29 is 22.8 Å². The molecule has 0 aromatic carbocycles. The van der Waals surface area contributed by atoms with Gasteiger partial charge in [-0.3, -0.25) is 9.59 Å². The zero-order chi connectivity index (χ0) is 23.2. The van der Waals surface area contributed by atoms with E-state index < -0.39 is 30.8 Å². The van der Waals surface area contributed by atoms with Gasteiger partial charge in [-0.2, -0.15) is 18.3 Å². The van der Waals surface area contributed by atoms with Crippen LogP contribution >= 0.6 is 0 Å². The summed E-state index contributed by atoms with van der Waals surface area (Å²) in [4.78, 5) is 27.8. The highest BCUT2D eigenvalue weighted by Crippen LogP contribution is 2.21. The molecule has 0 spiro atoms. The molecule has 2 heterocycles. The molecule has 2 aromatic heterocycles. The smallest absolute Gasteiger partial charge is 0.378 e. The maximum Gasteiger partial charge on any atom is 0.389 e. The molecular weight excluding hydrogens is 419 g/mol. The second-order valence-electron chi connectivity index (χ2n) is 6.93. The van der Waals surface area contributed by atoms with Gasteiger partial charge >= 0.3 is 6.18 Å². The highest BCUT2D eigenvalue weighted by molar-refractivity contribution is 6.37. The molecule has 0 atom stereocenters. The van der Waals surface area contributed by atoms with E-state index in [9.17, 15) is 22.8 Å². The Hall–Kier alpha value is -3.42. The molecule has 0 aliphatic carbocycles. The van der Waals surface area contributed by atoms with Crippen LogP contribution in [0.4, 0.5) is 13.2 Å². The second-order valence-corrected chi connectivity index (χ2v) is 6.93. The third-order valence-corrected chi connectivity index (χ3v) is 3.97. The maximum atomic E-state index is 12.2. The van der Waals surface area contributed by atoms with Crippen LogP contribution in [0.15, 0.2) is 23.6 Å². The Balaban J connectivity index is 1.92. The number of alkyl halides is 3. The number of carbonyl (C=O) groups excluding carboxylic acids is 2. The summed E-state index contributed by atoms with van der Waals surface area (Å²) in [5, 5.41) is 13.9. The lowest BCUT2D eigenvalue weighted by Crippen LogP contribution is -2.41. The summed E-state index contributed by atoms with van der Waals surface area (Å²) in [6.45, 7) is 3.62. The van der Waals surface area contributed by atoms with Crippen LogP contribution in [0, 0.1) is 0 Å². The summed E-state index contributed by atoms with van der Waals surface area (Å²) in [7, 11) is 0. The molecule has 0 unspecified atom stereocenters. The van der Waals surface area contributed by atoms with Crippen LogP contribution in [-0.4, -0.2) is 49.6 Å². The zero-order valence-corrected chi connectivity index (χ0v) is 17.0. The number of carbonyl (C=O) groups is 2. The number of imidazole rings is 1. The number of amides is 2. The average Bonchev–Trinajstić information content (AvgIpc) is 3.10. The number of nitrogens with two attached hydrogens (primary N) is 2. The highest BCUT2D eigenvalue weighted by Gasteiger charge is 2.27. The summed E-state index contributed by atoms with van der Waals surface area (Å²) < 4.78 is 37.9. The monoisotopic (exact) mass is 443 g/mol. The fourth-order valence-corrected chi connectivity index (χ4v) is 2.24. The average molecular weight is 443 g/mol. The molecule has 0 aliphatic heterocycles. The summed E-state index contributed by atoms with van der Waals surface area (Å²) in [6, 6.07) is 1.48. The minimum atomic E-state index is -4.38. The lowest BCUT2D eigenvalue weighted by atomic mass is 10.2. The number of hydrazine groups is 1. The second kappa shape index (κ2) is 10.1. The summed E-state index contributed by atoms with van der Waals surface area (Å²) in [5.41, 5.74) is 7.07. The van der Waals surface area contributed by atoms with Gasteiger partial charge in [0.1, 0.15) is 0 Å². The van der Waals surface area contributed by atoms with Gasteiger partial charge in [-0.1, -0.05) is 0 Å². The van der Waals surface area contributed by atoms with Crippen LogP contribution in [-0.2, 0) is 22.7 Å². The number of nitrogens with one attached hydrogen (secondary N) is 2. The Bertz CT molecular complexity index is 956. The highest BCUT2D eigenvalue weighted by atomic mass is 19.4. The van der Waals surface area contributed by atoms with E-state index in [4.69, 9.17) is 11.6 Å². The van der Waals surface area contributed by atoms with E-state index in [2.05, 4.69) is 25.8 Å². The van der Waals surface area contributed by atoms with Gasteiger partial charge in [0.15, 0.2) is 5.65 Å². The van der Waals surface area contributed by atoms with Gasteiger partial charge in [-0.05, 0) is 25.5 Å². The first-order valence-electron chi connectivity index (χ1n) is 9.27. The summed E-state index contributed by atoms with van der Waals surface area (Å²) >= 11 is 0. The molecule has 170 valence electrons. The molecule has 2 amide bonds. The van der Waals surface area contributed by atoms with Crippen molar-refractivity contribution in [3.63, 3.8) is 0 Å². The number of rotatable bonds is 8. The normalized spacial score (nSPS) is 12.3. The number of aromatic nitrogens is 3. The first kappa shape index (κ1) is 23.9. The number of amidine groups is 1. The SMILES string of the molecule is CC(C)N(N)/N=C(\N)C(=O)NCc1cn2ncc(CNC(=O)CCC(F)(F)F)cc2n1. The van der Waals surface area contributed by atoms with Gasteiger partial charge < -0.3 is 16.4 Å². The number of halogens is 3. The molecule has 14 heteroatoms. The molecule has 6 N–H and O–H groups in total. The van der Waals surface area contributed by atoms with Gasteiger partial charge in [0.25, 0.3) is 5.91 Å². The predicted molar refractivity (Wildman–Crippen MR) is 105 cm³/mol. The number of hydrogen-bond acceptors (Lipinski definition) is 7. The lowest BCUT2D eigenvalue weighted by molar-refractivity contribution is -0.144. The van der Waals surface area contributed by atoms with Gasteiger partial charge in [-0.15, -0.1) is 5.10 Å². The molecule has 0 saturated carbocycles. The van der Waals surface area contributed by atoms with Crippen molar-refractivity contribution in [3.05, 3.63) is 29.7 Å². The molecule has 0 bridgehead atoms. The van der Waals surface area contributed by atoms with Crippen molar-refractivity contribution in [1.82, 2.24) is 30.3 Å². The lowest BCUT2D eigenvalue weighted by Gasteiger charge is -2.16. The largest absolute Gasteiger partial charge is 0.389 e. The third-order valence-electron chi connectivity index (χ3n) is 3.97. The number of nitrogens with zero attached hydrogens (tertiary/aromatic N) is 5.